The number of alkyl halides is 6. The molecule has 0 bridgehead atoms. The van der Waals surface area contributed by atoms with Gasteiger partial charge in [-0.3, -0.25) is 4.90 Å². The van der Waals surface area contributed by atoms with Crippen LogP contribution in [0.2, 0.25) is 5.02 Å². The van der Waals surface area contributed by atoms with E-state index in [1.165, 1.54) is 18.3 Å². The van der Waals surface area contributed by atoms with Crippen LogP contribution in [0, 0.1) is 0 Å². The van der Waals surface area contributed by atoms with Crippen molar-refractivity contribution in [2.45, 2.75) is 31.9 Å². The summed E-state index contributed by atoms with van der Waals surface area (Å²) < 4.78 is 83.0. The summed E-state index contributed by atoms with van der Waals surface area (Å²) in [5, 5.41) is 0.124. The zero-order valence-corrected chi connectivity index (χ0v) is 16.4. The molecule has 2 aromatic heterocycles. The Morgan fingerprint density at radius 1 is 1.03 bits per heavy atom. The van der Waals surface area contributed by atoms with Crippen molar-refractivity contribution in [3.05, 3.63) is 70.0 Å². The minimum atomic E-state index is -4.60. The SMILES string of the molecule is FC(F)(F)c1ccc(Cl)c(-c2ccc(CN3CCc4nc(C(F)(F)F)ncc4C3)o2)c1. The lowest BCUT2D eigenvalue weighted by Crippen LogP contribution is -2.31. The van der Waals surface area contributed by atoms with Gasteiger partial charge in [-0.15, -0.1) is 0 Å². The first-order valence-corrected chi connectivity index (χ1v) is 9.48. The molecule has 3 heterocycles. The van der Waals surface area contributed by atoms with E-state index in [-0.39, 0.29) is 16.3 Å². The molecule has 11 heteroatoms. The van der Waals surface area contributed by atoms with Crippen LogP contribution in [0.15, 0.2) is 40.9 Å². The molecule has 3 aromatic rings. The van der Waals surface area contributed by atoms with E-state index in [1.807, 2.05) is 4.90 Å². The second-order valence-corrected chi connectivity index (χ2v) is 7.49. The monoisotopic (exact) mass is 461 g/mol. The summed E-state index contributed by atoms with van der Waals surface area (Å²) in [6.45, 7) is 1.09. The fourth-order valence-electron chi connectivity index (χ4n) is 3.36. The second-order valence-electron chi connectivity index (χ2n) is 7.08. The number of nitrogens with zero attached hydrogens (tertiary/aromatic N) is 3. The first-order valence-electron chi connectivity index (χ1n) is 9.11. The van der Waals surface area contributed by atoms with Crippen molar-refractivity contribution in [3.63, 3.8) is 0 Å². The van der Waals surface area contributed by atoms with Gasteiger partial charge in [0.15, 0.2) is 0 Å². The number of fused-ring (bicyclic) bond motifs is 1. The molecule has 0 spiro atoms. The Kier molecular flexibility index (Phi) is 5.47. The molecule has 0 saturated carbocycles. The van der Waals surface area contributed by atoms with Crippen LogP contribution in [-0.2, 0) is 31.9 Å². The third kappa shape index (κ3) is 4.69. The van der Waals surface area contributed by atoms with Gasteiger partial charge in [0.25, 0.3) is 0 Å². The van der Waals surface area contributed by atoms with Crippen molar-refractivity contribution in [1.29, 1.82) is 0 Å². The van der Waals surface area contributed by atoms with E-state index in [0.29, 0.717) is 43.1 Å². The van der Waals surface area contributed by atoms with Crippen LogP contribution in [0.1, 0.15) is 28.4 Å². The molecule has 1 aliphatic rings. The van der Waals surface area contributed by atoms with Crippen molar-refractivity contribution >= 4 is 11.6 Å². The summed E-state index contributed by atoms with van der Waals surface area (Å²) in [5.41, 5.74) is 0.233. The lowest BCUT2D eigenvalue weighted by atomic mass is 10.1. The minimum absolute atomic E-state index is 0.124. The highest BCUT2D eigenvalue weighted by atomic mass is 35.5. The zero-order valence-electron chi connectivity index (χ0n) is 15.7. The normalized spacial score (nSPS) is 15.2. The maximum Gasteiger partial charge on any atom is 0.451 e. The average Bonchev–Trinajstić information content (AvgIpc) is 3.14. The molecule has 0 atom stereocenters. The van der Waals surface area contributed by atoms with Crippen molar-refractivity contribution in [2.75, 3.05) is 6.54 Å². The average molecular weight is 462 g/mol. The molecule has 0 saturated heterocycles. The van der Waals surface area contributed by atoms with Gasteiger partial charge in [-0.2, -0.15) is 26.3 Å². The summed E-state index contributed by atoms with van der Waals surface area (Å²) in [6.07, 6.45) is -7.62. The van der Waals surface area contributed by atoms with Gasteiger partial charge in [0.2, 0.25) is 5.82 Å². The van der Waals surface area contributed by atoms with E-state index >= 15 is 0 Å². The number of benzene rings is 1. The van der Waals surface area contributed by atoms with E-state index in [4.69, 9.17) is 16.0 Å². The van der Waals surface area contributed by atoms with E-state index in [1.54, 1.807) is 6.07 Å². The molecule has 4 rings (SSSR count). The molecule has 0 radical (unpaired) electrons. The number of hydrogen-bond acceptors (Lipinski definition) is 4. The number of hydrogen-bond donors (Lipinski definition) is 0. The molecule has 0 aliphatic carbocycles. The van der Waals surface area contributed by atoms with Crippen LogP contribution in [0.25, 0.3) is 11.3 Å². The number of aromatic nitrogens is 2. The molecule has 0 fully saturated rings. The van der Waals surface area contributed by atoms with E-state index in [0.717, 1.165) is 12.1 Å². The highest BCUT2D eigenvalue weighted by molar-refractivity contribution is 6.33. The molecule has 4 nitrogen and oxygen atoms in total. The third-order valence-electron chi connectivity index (χ3n) is 4.87. The third-order valence-corrected chi connectivity index (χ3v) is 5.20. The molecule has 1 aliphatic heterocycles. The predicted molar refractivity (Wildman–Crippen MR) is 99.0 cm³/mol. The fourth-order valence-corrected chi connectivity index (χ4v) is 3.58. The van der Waals surface area contributed by atoms with Crippen LogP contribution in [0.5, 0.6) is 0 Å². The Morgan fingerprint density at radius 3 is 2.52 bits per heavy atom. The minimum Gasteiger partial charge on any atom is -0.460 e. The lowest BCUT2D eigenvalue weighted by molar-refractivity contribution is -0.145. The second kappa shape index (κ2) is 7.83. The maximum atomic E-state index is 13.0. The molecule has 0 amide bonds. The standard InChI is InChI=1S/C20H14ClF6N3O/c21-15-3-1-12(19(22,23)24)7-14(15)17-4-2-13(31-17)10-30-6-5-16-11(9-30)8-28-18(29-16)20(25,26)27/h1-4,7-8H,5-6,9-10H2. The molecule has 0 N–H and O–H groups in total. The molecule has 1 aromatic carbocycles. The van der Waals surface area contributed by atoms with Crippen molar-refractivity contribution in [3.8, 4) is 11.3 Å². The van der Waals surface area contributed by atoms with Gasteiger partial charge in [-0.25, -0.2) is 9.97 Å². The van der Waals surface area contributed by atoms with Crippen molar-refractivity contribution < 1.29 is 30.8 Å². The molecular formula is C20H14ClF6N3O. The number of rotatable bonds is 3. The molecule has 0 unspecified atom stereocenters. The smallest absolute Gasteiger partial charge is 0.451 e. The quantitative estimate of drug-likeness (QED) is 0.450. The largest absolute Gasteiger partial charge is 0.460 e. The maximum absolute atomic E-state index is 13.0. The van der Waals surface area contributed by atoms with E-state index in [9.17, 15) is 26.3 Å². The molecular weight excluding hydrogens is 448 g/mol. The van der Waals surface area contributed by atoms with Gasteiger partial charge in [-0.1, -0.05) is 11.6 Å². The van der Waals surface area contributed by atoms with Gasteiger partial charge >= 0.3 is 12.4 Å². The Morgan fingerprint density at radius 2 is 1.81 bits per heavy atom. The molecule has 164 valence electrons. The van der Waals surface area contributed by atoms with Crippen LogP contribution in [0.4, 0.5) is 26.3 Å². The summed E-state index contributed by atoms with van der Waals surface area (Å²) in [7, 11) is 0. The summed E-state index contributed by atoms with van der Waals surface area (Å²) in [6, 6.07) is 6.15. The van der Waals surface area contributed by atoms with Crippen LogP contribution in [-0.4, -0.2) is 21.4 Å². The van der Waals surface area contributed by atoms with Gasteiger partial charge in [-0.05, 0) is 30.3 Å². The predicted octanol–water partition coefficient (Wildman–Crippen LogP) is 5.99. The zero-order chi connectivity index (χ0) is 22.4. The lowest BCUT2D eigenvalue weighted by Gasteiger charge is -2.27. The Hall–Kier alpha value is -2.59. The fraction of sp³-hybridized carbons (Fsp3) is 0.300. The summed E-state index contributed by atoms with van der Waals surface area (Å²) in [4.78, 5) is 8.93. The highest BCUT2D eigenvalue weighted by Gasteiger charge is 2.36. The van der Waals surface area contributed by atoms with Crippen LogP contribution < -0.4 is 0 Å². The highest BCUT2D eigenvalue weighted by Crippen LogP contribution is 2.37. The Balaban J connectivity index is 1.49. The number of furan rings is 1. The topological polar surface area (TPSA) is 42.2 Å². The van der Waals surface area contributed by atoms with Crippen LogP contribution in [0.3, 0.4) is 0 Å². The van der Waals surface area contributed by atoms with Gasteiger partial charge in [0, 0.05) is 36.8 Å². The van der Waals surface area contributed by atoms with Gasteiger partial charge in [0.1, 0.15) is 11.5 Å². The van der Waals surface area contributed by atoms with E-state index in [2.05, 4.69) is 9.97 Å². The Labute approximate surface area is 177 Å². The summed E-state index contributed by atoms with van der Waals surface area (Å²) in [5.74, 6) is -0.477. The number of halogens is 7. The van der Waals surface area contributed by atoms with E-state index < -0.39 is 23.7 Å². The van der Waals surface area contributed by atoms with Gasteiger partial charge in [0.05, 0.1) is 22.8 Å². The first kappa shape index (κ1) is 21.6. The first-order chi connectivity index (χ1) is 14.5. The van der Waals surface area contributed by atoms with Gasteiger partial charge < -0.3 is 4.42 Å². The molecule has 31 heavy (non-hydrogen) atoms. The van der Waals surface area contributed by atoms with Crippen molar-refractivity contribution in [1.82, 2.24) is 14.9 Å². The van der Waals surface area contributed by atoms with Crippen LogP contribution >= 0.6 is 11.6 Å². The summed E-state index contributed by atoms with van der Waals surface area (Å²) >= 11 is 6.05. The Bertz CT molecular complexity index is 1110. The van der Waals surface area contributed by atoms with Crippen molar-refractivity contribution in [2.24, 2.45) is 0 Å².